The molecule has 98 valence electrons. The third kappa shape index (κ3) is 2.61. The third-order valence-electron chi connectivity index (χ3n) is 3.88. The smallest absolute Gasteiger partial charge is 0.0642 e. The predicted octanol–water partition coefficient (Wildman–Crippen LogP) is 3.36. The fourth-order valence-electron chi connectivity index (χ4n) is 2.66. The number of hydrogen-bond acceptors (Lipinski definition) is 2. The zero-order valence-corrected chi connectivity index (χ0v) is 11.9. The van der Waals surface area contributed by atoms with Gasteiger partial charge in [0.15, 0.2) is 0 Å². The van der Waals surface area contributed by atoms with Crippen molar-refractivity contribution in [2.45, 2.75) is 24.8 Å². The Balaban J connectivity index is 1.68. The molecule has 0 aromatic heterocycles. The monoisotopic (exact) mass is 284 g/mol. The summed E-state index contributed by atoms with van der Waals surface area (Å²) >= 11 is 12.2. The van der Waals surface area contributed by atoms with E-state index in [1.54, 1.807) is 0 Å². The molecule has 0 bridgehead atoms. The van der Waals surface area contributed by atoms with Gasteiger partial charge in [-0.05, 0) is 30.5 Å². The van der Waals surface area contributed by atoms with E-state index in [1.165, 1.54) is 12.8 Å². The largest absolute Gasteiger partial charge is 0.368 e. The summed E-state index contributed by atoms with van der Waals surface area (Å²) in [4.78, 5) is 5.00. The summed E-state index contributed by atoms with van der Waals surface area (Å²) in [5, 5.41) is 0.827. The van der Waals surface area contributed by atoms with Gasteiger partial charge >= 0.3 is 0 Å². The van der Waals surface area contributed by atoms with Crippen LogP contribution in [0.4, 0.5) is 5.69 Å². The fourth-order valence-corrected chi connectivity index (χ4v) is 3.15. The van der Waals surface area contributed by atoms with Crippen LogP contribution in [0.3, 0.4) is 0 Å². The lowest BCUT2D eigenvalue weighted by molar-refractivity contribution is 0.248. The number of piperazine rings is 1. The summed E-state index contributed by atoms with van der Waals surface area (Å²) in [6.07, 6.45) is 2.79. The average molecular weight is 285 g/mol. The van der Waals surface area contributed by atoms with Crippen molar-refractivity contribution in [1.82, 2.24) is 4.90 Å². The molecule has 0 amide bonds. The molecule has 1 aliphatic carbocycles. The van der Waals surface area contributed by atoms with Gasteiger partial charge in [0.25, 0.3) is 0 Å². The molecule has 2 aliphatic rings. The van der Waals surface area contributed by atoms with E-state index in [2.05, 4.69) is 21.9 Å². The van der Waals surface area contributed by atoms with E-state index in [4.69, 9.17) is 23.2 Å². The van der Waals surface area contributed by atoms with Crippen molar-refractivity contribution in [3.05, 3.63) is 28.8 Å². The summed E-state index contributed by atoms with van der Waals surface area (Å²) in [5.74, 6) is 0.523. The number of alkyl halides is 1. The average Bonchev–Trinajstić information content (AvgIpc) is 3.23. The molecule has 1 aromatic carbocycles. The topological polar surface area (TPSA) is 6.48 Å². The molecule has 1 aromatic rings. The molecule has 3 rings (SSSR count). The number of halogens is 2. The van der Waals surface area contributed by atoms with Crippen LogP contribution in [0.25, 0.3) is 0 Å². The van der Waals surface area contributed by atoms with Crippen molar-refractivity contribution in [2.75, 3.05) is 31.1 Å². The fraction of sp³-hybridized carbons (Fsp3) is 0.571. The molecule has 0 radical (unpaired) electrons. The van der Waals surface area contributed by atoms with Crippen molar-refractivity contribution in [1.29, 1.82) is 0 Å². The van der Waals surface area contributed by atoms with Gasteiger partial charge in [-0.25, -0.2) is 0 Å². The summed E-state index contributed by atoms with van der Waals surface area (Å²) in [5.41, 5.74) is 2.24. The minimum atomic E-state index is 0.523. The Labute approximate surface area is 118 Å². The molecule has 0 unspecified atom stereocenters. The van der Waals surface area contributed by atoms with Crippen LogP contribution in [-0.4, -0.2) is 37.1 Å². The highest BCUT2D eigenvalue weighted by Crippen LogP contribution is 2.31. The first-order chi connectivity index (χ1) is 8.78. The van der Waals surface area contributed by atoms with Gasteiger partial charge < -0.3 is 4.90 Å². The second kappa shape index (κ2) is 5.28. The molecule has 1 saturated heterocycles. The second-order valence-electron chi connectivity index (χ2n) is 5.17. The zero-order chi connectivity index (χ0) is 12.5. The summed E-state index contributed by atoms with van der Waals surface area (Å²) < 4.78 is 0. The zero-order valence-electron chi connectivity index (χ0n) is 10.4. The molecule has 0 atom stereocenters. The SMILES string of the molecule is ClCc1ccc(N2CCN(C3CC3)CC2)c(Cl)c1. The Hall–Kier alpha value is -0.440. The molecule has 0 N–H and O–H groups in total. The Bertz CT molecular complexity index is 424. The van der Waals surface area contributed by atoms with Gasteiger partial charge in [-0.15, -0.1) is 11.6 Å². The van der Waals surface area contributed by atoms with E-state index < -0.39 is 0 Å². The molecule has 1 aliphatic heterocycles. The molecule has 1 heterocycles. The van der Waals surface area contributed by atoms with Gasteiger partial charge in [0.1, 0.15) is 0 Å². The normalized spacial score (nSPS) is 21.3. The van der Waals surface area contributed by atoms with Crippen molar-refractivity contribution >= 4 is 28.9 Å². The number of rotatable bonds is 3. The Morgan fingerprint density at radius 1 is 1.11 bits per heavy atom. The number of anilines is 1. The Morgan fingerprint density at radius 2 is 1.83 bits per heavy atom. The first-order valence-corrected chi connectivity index (χ1v) is 7.52. The highest BCUT2D eigenvalue weighted by atomic mass is 35.5. The van der Waals surface area contributed by atoms with E-state index in [-0.39, 0.29) is 0 Å². The van der Waals surface area contributed by atoms with Gasteiger partial charge in [-0.1, -0.05) is 17.7 Å². The molecular weight excluding hydrogens is 267 g/mol. The minimum Gasteiger partial charge on any atom is -0.368 e. The maximum absolute atomic E-state index is 6.34. The van der Waals surface area contributed by atoms with Gasteiger partial charge in [0.2, 0.25) is 0 Å². The van der Waals surface area contributed by atoms with Crippen LogP contribution < -0.4 is 4.90 Å². The second-order valence-corrected chi connectivity index (χ2v) is 5.85. The molecule has 1 saturated carbocycles. The van der Waals surface area contributed by atoms with Crippen molar-refractivity contribution in [3.63, 3.8) is 0 Å². The molecule has 18 heavy (non-hydrogen) atoms. The lowest BCUT2D eigenvalue weighted by Crippen LogP contribution is -2.47. The maximum Gasteiger partial charge on any atom is 0.0642 e. The Morgan fingerprint density at radius 3 is 2.39 bits per heavy atom. The van der Waals surface area contributed by atoms with Crippen molar-refractivity contribution in [3.8, 4) is 0 Å². The van der Waals surface area contributed by atoms with Crippen LogP contribution in [-0.2, 0) is 5.88 Å². The molecule has 0 spiro atoms. The number of hydrogen-bond donors (Lipinski definition) is 0. The van der Waals surface area contributed by atoms with Crippen LogP contribution in [0.1, 0.15) is 18.4 Å². The minimum absolute atomic E-state index is 0.523. The van der Waals surface area contributed by atoms with E-state index in [9.17, 15) is 0 Å². The van der Waals surface area contributed by atoms with Gasteiger partial charge in [-0.2, -0.15) is 0 Å². The molecule has 4 heteroatoms. The van der Waals surface area contributed by atoms with E-state index in [0.717, 1.165) is 48.5 Å². The summed E-state index contributed by atoms with van der Waals surface area (Å²) in [7, 11) is 0. The van der Waals surface area contributed by atoms with Crippen LogP contribution in [0, 0.1) is 0 Å². The standard InChI is InChI=1S/C14H18Cl2N2/c15-10-11-1-4-14(13(16)9-11)18-7-5-17(6-8-18)12-2-3-12/h1,4,9,12H,2-3,5-8,10H2. The maximum atomic E-state index is 6.34. The lowest BCUT2D eigenvalue weighted by Gasteiger charge is -2.36. The van der Waals surface area contributed by atoms with Gasteiger partial charge in [0, 0.05) is 38.1 Å². The predicted molar refractivity (Wildman–Crippen MR) is 77.8 cm³/mol. The van der Waals surface area contributed by atoms with E-state index >= 15 is 0 Å². The number of nitrogens with zero attached hydrogens (tertiary/aromatic N) is 2. The van der Waals surface area contributed by atoms with Crippen LogP contribution in [0.2, 0.25) is 5.02 Å². The van der Waals surface area contributed by atoms with Crippen molar-refractivity contribution < 1.29 is 0 Å². The summed E-state index contributed by atoms with van der Waals surface area (Å²) in [6, 6.07) is 7.03. The highest BCUT2D eigenvalue weighted by Gasteiger charge is 2.31. The summed E-state index contributed by atoms with van der Waals surface area (Å²) in [6.45, 7) is 4.49. The molecule has 2 nitrogen and oxygen atoms in total. The molecule has 2 fully saturated rings. The third-order valence-corrected chi connectivity index (χ3v) is 4.50. The van der Waals surface area contributed by atoms with Crippen molar-refractivity contribution in [2.24, 2.45) is 0 Å². The van der Waals surface area contributed by atoms with Crippen LogP contribution in [0.15, 0.2) is 18.2 Å². The first-order valence-electron chi connectivity index (χ1n) is 6.61. The van der Waals surface area contributed by atoms with Gasteiger partial charge in [-0.3, -0.25) is 4.90 Å². The van der Waals surface area contributed by atoms with E-state index in [0.29, 0.717) is 5.88 Å². The highest BCUT2D eigenvalue weighted by molar-refractivity contribution is 6.33. The Kier molecular flexibility index (Phi) is 3.69. The quantitative estimate of drug-likeness (QED) is 0.786. The van der Waals surface area contributed by atoms with Gasteiger partial charge in [0.05, 0.1) is 10.7 Å². The van der Waals surface area contributed by atoms with E-state index in [1.807, 2.05) is 6.07 Å². The van der Waals surface area contributed by atoms with Crippen LogP contribution >= 0.6 is 23.2 Å². The lowest BCUT2D eigenvalue weighted by atomic mass is 10.2. The first kappa shape index (κ1) is 12.6. The van der Waals surface area contributed by atoms with Crippen LogP contribution in [0.5, 0.6) is 0 Å². The molecular formula is C14H18Cl2N2. The number of benzene rings is 1.